The molecule has 0 bridgehead atoms. The van der Waals surface area contributed by atoms with Crippen molar-refractivity contribution in [3.8, 4) is 0 Å². The number of nitrogens with one attached hydrogen (secondary N) is 1. The van der Waals surface area contributed by atoms with Gasteiger partial charge in [0.05, 0.1) is 12.2 Å². The van der Waals surface area contributed by atoms with Crippen molar-refractivity contribution in [3.05, 3.63) is 22.3 Å². The number of aliphatic hydroxyl groups excluding tert-OH is 1. The van der Waals surface area contributed by atoms with Gasteiger partial charge in [-0.2, -0.15) is 4.98 Å². The Morgan fingerprint density at radius 1 is 1.72 bits per heavy atom. The number of aliphatic hydroxyl groups is 1. The van der Waals surface area contributed by atoms with Crippen LogP contribution in [0, 0.1) is 0 Å². The highest BCUT2D eigenvalue weighted by atomic mass is 79.9. The maximum atomic E-state index is 12.0. The number of halogens is 1. The summed E-state index contributed by atoms with van der Waals surface area (Å²) in [5, 5.41) is 15.5. The zero-order valence-corrected chi connectivity index (χ0v) is 11.2. The van der Waals surface area contributed by atoms with Crippen molar-refractivity contribution in [1.29, 1.82) is 0 Å². The molecule has 0 radical (unpaired) electrons. The van der Waals surface area contributed by atoms with Crippen LogP contribution in [0.4, 0.5) is 5.95 Å². The van der Waals surface area contributed by atoms with Crippen LogP contribution in [-0.2, 0) is 0 Å². The van der Waals surface area contributed by atoms with Crippen molar-refractivity contribution in [1.82, 2.24) is 19.9 Å². The topological polar surface area (TPSA) is 106 Å². The SMILES string of the molecule is C[C@@H](CO)NC(=O)c1cc(Br)cn2nc(N)nc12. The molecule has 0 saturated carbocycles. The molecule has 4 N–H and O–H groups in total. The normalized spacial score (nSPS) is 12.6. The fourth-order valence-corrected chi connectivity index (χ4v) is 1.91. The lowest BCUT2D eigenvalue weighted by Crippen LogP contribution is -2.35. The summed E-state index contributed by atoms with van der Waals surface area (Å²) in [6, 6.07) is 1.29. The Morgan fingerprint density at radius 3 is 3.11 bits per heavy atom. The van der Waals surface area contributed by atoms with Gasteiger partial charge in [0.1, 0.15) is 0 Å². The fraction of sp³-hybridized carbons (Fsp3) is 0.300. The second-order valence-electron chi connectivity index (χ2n) is 3.87. The second-order valence-corrected chi connectivity index (χ2v) is 4.78. The molecular formula is C10H12BrN5O2. The van der Waals surface area contributed by atoms with Crippen molar-refractivity contribution in [2.24, 2.45) is 0 Å². The van der Waals surface area contributed by atoms with Gasteiger partial charge < -0.3 is 16.2 Å². The van der Waals surface area contributed by atoms with Crippen LogP contribution in [-0.4, -0.2) is 38.3 Å². The summed E-state index contributed by atoms with van der Waals surface area (Å²) in [5.41, 5.74) is 6.22. The highest BCUT2D eigenvalue weighted by molar-refractivity contribution is 9.10. The minimum absolute atomic E-state index is 0.0948. The van der Waals surface area contributed by atoms with E-state index in [2.05, 4.69) is 31.3 Å². The van der Waals surface area contributed by atoms with Crippen molar-refractivity contribution >= 4 is 33.4 Å². The zero-order chi connectivity index (χ0) is 13.3. The third kappa shape index (κ3) is 2.44. The molecule has 2 aromatic rings. The molecule has 0 aliphatic heterocycles. The number of anilines is 1. The number of amides is 1. The molecule has 0 aliphatic carbocycles. The summed E-state index contributed by atoms with van der Waals surface area (Å²) < 4.78 is 2.11. The van der Waals surface area contributed by atoms with Crippen LogP contribution in [0.25, 0.3) is 5.65 Å². The highest BCUT2D eigenvalue weighted by Gasteiger charge is 2.16. The summed E-state index contributed by atoms with van der Waals surface area (Å²) >= 11 is 3.29. The third-order valence-electron chi connectivity index (χ3n) is 2.31. The number of pyridine rings is 1. The van der Waals surface area contributed by atoms with Gasteiger partial charge in [-0.1, -0.05) is 0 Å². The molecule has 2 rings (SSSR count). The smallest absolute Gasteiger partial charge is 0.255 e. The lowest BCUT2D eigenvalue weighted by molar-refractivity contribution is 0.0923. The van der Waals surface area contributed by atoms with E-state index in [0.717, 1.165) is 0 Å². The second kappa shape index (κ2) is 4.91. The van der Waals surface area contributed by atoms with Crippen LogP contribution in [0.5, 0.6) is 0 Å². The van der Waals surface area contributed by atoms with Gasteiger partial charge in [0.15, 0.2) is 5.65 Å². The zero-order valence-electron chi connectivity index (χ0n) is 9.59. The Kier molecular flexibility index (Phi) is 3.48. The van der Waals surface area contributed by atoms with Gasteiger partial charge in [-0.25, -0.2) is 4.52 Å². The molecule has 1 amide bonds. The average molecular weight is 314 g/mol. The van der Waals surface area contributed by atoms with E-state index < -0.39 is 0 Å². The molecule has 96 valence electrons. The number of fused-ring (bicyclic) bond motifs is 1. The van der Waals surface area contributed by atoms with Crippen LogP contribution in [0.15, 0.2) is 16.7 Å². The largest absolute Gasteiger partial charge is 0.394 e. The Bertz CT molecular complexity index is 597. The van der Waals surface area contributed by atoms with Gasteiger partial charge in [-0.05, 0) is 28.9 Å². The molecule has 0 spiro atoms. The standard InChI is InChI=1S/C10H12BrN5O2/c1-5(4-17)13-9(18)7-2-6(11)3-16-8(7)14-10(12)15-16/h2-3,5,17H,4H2,1H3,(H2,12,15)(H,13,18)/t5-/m0/s1. The Labute approximate surface area is 111 Å². The molecule has 0 unspecified atom stereocenters. The molecule has 0 saturated heterocycles. The average Bonchev–Trinajstić information content (AvgIpc) is 2.67. The van der Waals surface area contributed by atoms with Crippen molar-refractivity contribution in [2.45, 2.75) is 13.0 Å². The van der Waals surface area contributed by atoms with E-state index >= 15 is 0 Å². The van der Waals surface area contributed by atoms with Crippen LogP contribution < -0.4 is 11.1 Å². The summed E-state index contributed by atoms with van der Waals surface area (Å²) in [4.78, 5) is 16.0. The maximum absolute atomic E-state index is 12.0. The number of rotatable bonds is 3. The van der Waals surface area contributed by atoms with Gasteiger partial charge >= 0.3 is 0 Å². The van der Waals surface area contributed by atoms with Crippen molar-refractivity contribution < 1.29 is 9.90 Å². The molecule has 0 aliphatic rings. The van der Waals surface area contributed by atoms with Gasteiger partial charge in [-0.15, -0.1) is 5.10 Å². The first-order chi connectivity index (χ1) is 8.51. The van der Waals surface area contributed by atoms with E-state index in [1.165, 1.54) is 4.52 Å². The Balaban J connectivity index is 2.45. The lowest BCUT2D eigenvalue weighted by Gasteiger charge is -2.11. The fourth-order valence-electron chi connectivity index (χ4n) is 1.48. The van der Waals surface area contributed by atoms with E-state index in [9.17, 15) is 4.79 Å². The van der Waals surface area contributed by atoms with Crippen LogP contribution in [0.2, 0.25) is 0 Å². The van der Waals surface area contributed by atoms with Gasteiger partial charge in [-0.3, -0.25) is 4.79 Å². The number of carbonyl (C=O) groups is 1. The molecule has 7 nitrogen and oxygen atoms in total. The molecule has 18 heavy (non-hydrogen) atoms. The summed E-state index contributed by atoms with van der Waals surface area (Å²) in [7, 11) is 0. The number of carbonyl (C=O) groups excluding carboxylic acids is 1. The molecule has 8 heteroatoms. The highest BCUT2D eigenvalue weighted by Crippen LogP contribution is 2.17. The van der Waals surface area contributed by atoms with E-state index in [0.29, 0.717) is 15.7 Å². The summed E-state index contributed by atoms with van der Waals surface area (Å²) in [6.07, 6.45) is 1.66. The maximum Gasteiger partial charge on any atom is 0.255 e. The molecular weight excluding hydrogens is 302 g/mol. The number of nitrogens with zero attached hydrogens (tertiary/aromatic N) is 3. The predicted molar refractivity (Wildman–Crippen MR) is 69.1 cm³/mol. The van der Waals surface area contributed by atoms with E-state index in [1.54, 1.807) is 19.2 Å². The predicted octanol–water partition coefficient (Wildman–Crippen LogP) is 0.185. The summed E-state index contributed by atoms with van der Waals surface area (Å²) in [6.45, 7) is 1.57. The first-order valence-electron chi connectivity index (χ1n) is 5.24. The number of aromatic nitrogens is 3. The Hall–Kier alpha value is -1.67. The lowest BCUT2D eigenvalue weighted by atomic mass is 10.2. The van der Waals surface area contributed by atoms with Crippen LogP contribution in [0.1, 0.15) is 17.3 Å². The first kappa shape index (κ1) is 12.8. The minimum Gasteiger partial charge on any atom is -0.394 e. The molecule has 1 atom stereocenters. The number of hydrogen-bond donors (Lipinski definition) is 3. The molecule has 2 heterocycles. The van der Waals surface area contributed by atoms with Crippen molar-refractivity contribution in [2.75, 3.05) is 12.3 Å². The van der Waals surface area contributed by atoms with Gasteiger partial charge in [0.25, 0.3) is 5.91 Å². The van der Waals surface area contributed by atoms with Gasteiger partial charge in [0.2, 0.25) is 5.95 Å². The van der Waals surface area contributed by atoms with E-state index in [1.807, 2.05) is 0 Å². The number of nitrogen functional groups attached to an aromatic ring is 1. The number of nitrogens with two attached hydrogens (primary N) is 1. The van der Waals surface area contributed by atoms with Crippen LogP contribution >= 0.6 is 15.9 Å². The monoisotopic (exact) mass is 313 g/mol. The first-order valence-corrected chi connectivity index (χ1v) is 6.03. The molecule has 2 aromatic heterocycles. The molecule has 0 aromatic carbocycles. The minimum atomic E-state index is -0.338. The van der Waals surface area contributed by atoms with Crippen LogP contribution in [0.3, 0.4) is 0 Å². The Morgan fingerprint density at radius 2 is 2.44 bits per heavy atom. The summed E-state index contributed by atoms with van der Waals surface area (Å²) in [5.74, 6) is -0.243. The molecule has 0 fully saturated rings. The third-order valence-corrected chi connectivity index (χ3v) is 2.75. The number of hydrogen-bond acceptors (Lipinski definition) is 5. The van der Waals surface area contributed by atoms with E-state index in [-0.39, 0.29) is 24.5 Å². The van der Waals surface area contributed by atoms with Gasteiger partial charge in [0, 0.05) is 16.7 Å². The van der Waals surface area contributed by atoms with E-state index in [4.69, 9.17) is 10.8 Å². The van der Waals surface area contributed by atoms with Crippen molar-refractivity contribution in [3.63, 3.8) is 0 Å². The quantitative estimate of drug-likeness (QED) is 0.750.